The second kappa shape index (κ2) is 8.81. The lowest BCUT2D eigenvalue weighted by Gasteiger charge is -2.48. The molecule has 1 fully saturated rings. The van der Waals surface area contributed by atoms with Gasteiger partial charge in [0, 0.05) is 33.6 Å². The minimum absolute atomic E-state index is 0.252. The van der Waals surface area contributed by atoms with E-state index in [-0.39, 0.29) is 5.22 Å². The maximum absolute atomic E-state index is 6.07. The van der Waals surface area contributed by atoms with Crippen LogP contribution >= 0.6 is 0 Å². The number of nitrogens with zero attached hydrogens (tertiary/aromatic N) is 1. The lowest BCUT2D eigenvalue weighted by Crippen LogP contribution is -2.64. The highest BCUT2D eigenvalue weighted by Gasteiger charge is 2.58. The maximum atomic E-state index is 6.07. The van der Waals surface area contributed by atoms with Gasteiger partial charge >= 0.3 is 8.56 Å². The van der Waals surface area contributed by atoms with Gasteiger partial charge in [-0.15, -0.1) is 0 Å². The predicted molar refractivity (Wildman–Crippen MR) is 101 cm³/mol. The standard InChI is InChI=1S/C19H31NO3Si/c1-5-20(18-12-7-6-8-13-18)16-11-15-19(21-2)14-9-10-17-24(19,22-3)23-4/h5-8,12-13H,1,9-11,14-17H2,2-4H3. The minimum atomic E-state index is -2.34. The van der Waals surface area contributed by atoms with Crippen LogP contribution in [0.2, 0.25) is 6.04 Å². The quantitative estimate of drug-likeness (QED) is 0.623. The Morgan fingerprint density at radius 3 is 2.46 bits per heavy atom. The van der Waals surface area contributed by atoms with Gasteiger partial charge in [-0.25, -0.2) is 0 Å². The molecule has 4 nitrogen and oxygen atoms in total. The van der Waals surface area contributed by atoms with E-state index in [0.717, 1.165) is 31.9 Å². The Hall–Kier alpha value is -1.14. The maximum Gasteiger partial charge on any atom is 0.370 e. The second-order valence-electron chi connectivity index (χ2n) is 6.38. The molecular formula is C19H31NO3Si. The number of rotatable bonds is 9. The average molecular weight is 350 g/mol. The van der Waals surface area contributed by atoms with E-state index in [1.807, 2.05) is 19.4 Å². The third kappa shape index (κ3) is 3.75. The summed E-state index contributed by atoms with van der Waals surface area (Å²) in [7, 11) is 3.05. The number of anilines is 1. The normalized spacial score (nSPS) is 23.0. The Morgan fingerprint density at radius 1 is 1.17 bits per heavy atom. The summed E-state index contributed by atoms with van der Waals surface area (Å²) in [5.41, 5.74) is 1.17. The minimum Gasteiger partial charge on any atom is -0.396 e. The van der Waals surface area contributed by atoms with Crippen LogP contribution in [-0.2, 0) is 13.6 Å². The van der Waals surface area contributed by atoms with E-state index >= 15 is 0 Å². The first-order valence-corrected chi connectivity index (χ1v) is 10.8. The Kier molecular flexibility index (Phi) is 7.04. The van der Waals surface area contributed by atoms with E-state index in [1.165, 1.54) is 18.5 Å². The first-order valence-electron chi connectivity index (χ1n) is 8.76. The summed E-state index contributed by atoms with van der Waals surface area (Å²) in [6.45, 7) is 4.87. The molecule has 2 rings (SSSR count). The lowest BCUT2D eigenvalue weighted by atomic mass is 10.1. The van der Waals surface area contributed by atoms with E-state index in [4.69, 9.17) is 13.6 Å². The van der Waals surface area contributed by atoms with Crippen molar-refractivity contribution < 1.29 is 13.6 Å². The molecule has 1 aromatic carbocycles. The summed E-state index contributed by atoms with van der Waals surface area (Å²) in [6.07, 6.45) is 7.23. The predicted octanol–water partition coefficient (Wildman–Crippen LogP) is 4.26. The van der Waals surface area contributed by atoms with Gasteiger partial charge in [0.1, 0.15) is 5.22 Å². The molecule has 5 heteroatoms. The number of hydrogen-bond acceptors (Lipinski definition) is 4. The molecule has 1 aromatic rings. The van der Waals surface area contributed by atoms with Crippen molar-refractivity contribution in [3.05, 3.63) is 43.1 Å². The number of ether oxygens (including phenoxy) is 1. The molecule has 0 aromatic heterocycles. The largest absolute Gasteiger partial charge is 0.396 e. The molecule has 0 aliphatic carbocycles. The van der Waals surface area contributed by atoms with Gasteiger partial charge in [-0.2, -0.15) is 0 Å². The summed E-state index contributed by atoms with van der Waals surface area (Å²) in [5, 5.41) is -0.252. The highest BCUT2D eigenvalue weighted by atomic mass is 28.4. The fourth-order valence-corrected chi connectivity index (χ4v) is 7.92. The second-order valence-corrected chi connectivity index (χ2v) is 10.1. The van der Waals surface area contributed by atoms with Crippen LogP contribution in [0.4, 0.5) is 5.69 Å². The van der Waals surface area contributed by atoms with Gasteiger partial charge in [0.05, 0.1) is 0 Å². The number of benzene rings is 1. The van der Waals surface area contributed by atoms with Crippen molar-refractivity contribution in [3.63, 3.8) is 0 Å². The Morgan fingerprint density at radius 2 is 1.88 bits per heavy atom. The highest BCUT2D eigenvalue weighted by molar-refractivity contribution is 6.70. The highest BCUT2D eigenvalue weighted by Crippen LogP contribution is 2.42. The van der Waals surface area contributed by atoms with Gasteiger partial charge in [0.25, 0.3) is 0 Å². The van der Waals surface area contributed by atoms with Gasteiger partial charge in [-0.1, -0.05) is 37.6 Å². The zero-order valence-corrected chi connectivity index (χ0v) is 16.3. The molecule has 1 aliphatic heterocycles. The summed E-state index contributed by atoms with van der Waals surface area (Å²) in [4.78, 5) is 2.19. The van der Waals surface area contributed by atoms with Crippen molar-refractivity contribution in [3.8, 4) is 0 Å². The molecule has 24 heavy (non-hydrogen) atoms. The van der Waals surface area contributed by atoms with Crippen molar-refractivity contribution >= 4 is 14.2 Å². The number of hydrogen-bond donors (Lipinski definition) is 0. The average Bonchev–Trinajstić information content (AvgIpc) is 2.66. The third-order valence-electron chi connectivity index (χ3n) is 5.37. The first-order chi connectivity index (χ1) is 11.7. The van der Waals surface area contributed by atoms with Crippen LogP contribution in [0.15, 0.2) is 43.1 Å². The molecule has 1 unspecified atom stereocenters. The van der Waals surface area contributed by atoms with Crippen LogP contribution in [-0.4, -0.2) is 41.7 Å². The van der Waals surface area contributed by atoms with Crippen molar-refractivity contribution in [1.82, 2.24) is 0 Å². The van der Waals surface area contributed by atoms with Crippen molar-refractivity contribution in [2.75, 3.05) is 32.8 Å². The Bertz CT molecular complexity index is 507. The molecule has 0 radical (unpaired) electrons. The molecule has 1 atom stereocenters. The SMILES string of the molecule is C=CN(CCCC1(OC)CCCC[Si]1(OC)OC)c1ccccc1. The Labute approximate surface area is 147 Å². The van der Waals surface area contributed by atoms with E-state index < -0.39 is 8.56 Å². The number of methoxy groups -OCH3 is 1. The summed E-state index contributed by atoms with van der Waals surface area (Å²) >= 11 is 0. The van der Waals surface area contributed by atoms with E-state index in [9.17, 15) is 0 Å². The monoisotopic (exact) mass is 349 g/mol. The van der Waals surface area contributed by atoms with Gasteiger partial charge < -0.3 is 18.5 Å². The van der Waals surface area contributed by atoms with Gasteiger partial charge in [0.2, 0.25) is 0 Å². The van der Waals surface area contributed by atoms with Crippen molar-refractivity contribution in [2.45, 2.75) is 43.4 Å². The first kappa shape index (κ1) is 19.2. The fourth-order valence-electron chi connectivity index (χ4n) is 4.00. The van der Waals surface area contributed by atoms with E-state index in [1.54, 1.807) is 14.2 Å². The molecule has 134 valence electrons. The zero-order chi connectivity index (χ0) is 17.5. The smallest absolute Gasteiger partial charge is 0.370 e. The molecule has 1 saturated heterocycles. The molecule has 1 aliphatic rings. The topological polar surface area (TPSA) is 30.9 Å². The van der Waals surface area contributed by atoms with Crippen LogP contribution in [0.25, 0.3) is 0 Å². The van der Waals surface area contributed by atoms with Crippen LogP contribution in [0.1, 0.15) is 32.1 Å². The molecule has 0 N–H and O–H groups in total. The van der Waals surface area contributed by atoms with Gasteiger partial charge in [-0.3, -0.25) is 0 Å². The van der Waals surface area contributed by atoms with Crippen LogP contribution in [0.5, 0.6) is 0 Å². The molecule has 1 heterocycles. The summed E-state index contributed by atoms with van der Waals surface area (Å²) < 4.78 is 18.0. The third-order valence-corrected chi connectivity index (χ3v) is 9.79. The Balaban J connectivity index is 2.05. The van der Waals surface area contributed by atoms with E-state index in [0.29, 0.717) is 0 Å². The number of para-hydroxylation sites is 1. The van der Waals surface area contributed by atoms with Crippen LogP contribution < -0.4 is 4.90 Å². The molecule has 0 saturated carbocycles. The molecule has 0 spiro atoms. The fraction of sp³-hybridized carbons (Fsp3) is 0.579. The van der Waals surface area contributed by atoms with Crippen molar-refractivity contribution in [1.29, 1.82) is 0 Å². The van der Waals surface area contributed by atoms with Gasteiger partial charge in [-0.05, 0) is 43.6 Å². The van der Waals surface area contributed by atoms with Crippen LogP contribution in [0.3, 0.4) is 0 Å². The zero-order valence-electron chi connectivity index (χ0n) is 15.3. The molecule has 0 bridgehead atoms. The van der Waals surface area contributed by atoms with Gasteiger partial charge in [0.15, 0.2) is 0 Å². The molecular weight excluding hydrogens is 318 g/mol. The van der Waals surface area contributed by atoms with E-state index in [2.05, 4.69) is 35.7 Å². The van der Waals surface area contributed by atoms with Crippen LogP contribution in [0, 0.1) is 0 Å². The lowest BCUT2D eigenvalue weighted by molar-refractivity contribution is -0.0153. The molecule has 0 amide bonds. The summed E-state index contributed by atoms with van der Waals surface area (Å²) in [6, 6.07) is 11.4. The summed E-state index contributed by atoms with van der Waals surface area (Å²) in [5.74, 6) is 0. The van der Waals surface area contributed by atoms with Crippen molar-refractivity contribution in [2.24, 2.45) is 0 Å².